The molecule has 0 unspecified atom stereocenters. The standard InChI is InChI=1S/C50H54O6/c1-31-11-15-45(51-5)37(19-31)27-41-23-35(24-42(49(41)55-9)28-38-20-32(2)12-16-46(38)52-6)36-25-43(29-39-21-33(3)13-17-47(39)53-7)50(56-10)44(26-36)30-40-22-34(4)14-18-48(40)54-8/h11-26H,27-30H2,1-10H3. The summed E-state index contributed by atoms with van der Waals surface area (Å²) in [6.45, 7) is 8.44. The monoisotopic (exact) mass is 750 g/mol. The van der Waals surface area contributed by atoms with Crippen molar-refractivity contribution in [3.05, 3.63) is 164 Å². The maximum Gasteiger partial charge on any atom is 0.125 e. The maximum absolute atomic E-state index is 6.31. The predicted molar refractivity (Wildman–Crippen MR) is 227 cm³/mol. The van der Waals surface area contributed by atoms with E-state index in [1.807, 2.05) is 24.3 Å². The third-order valence-electron chi connectivity index (χ3n) is 10.5. The second-order valence-electron chi connectivity index (χ2n) is 14.6. The fraction of sp³-hybridized carbons (Fsp3) is 0.280. The van der Waals surface area contributed by atoms with Gasteiger partial charge in [0.15, 0.2) is 0 Å². The number of hydrogen-bond acceptors (Lipinski definition) is 6. The van der Waals surface area contributed by atoms with E-state index >= 15 is 0 Å². The summed E-state index contributed by atoms with van der Waals surface area (Å²) in [6, 6.07) is 34.4. The highest BCUT2D eigenvalue weighted by Crippen LogP contribution is 2.41. The molecule has 6 heteroatoms. The van der Waals surface area contributed by atoms with Crippen molar-refractivity contribution in [1.82, 2.24) is 0 Å². The van der Waals surface area contributed by atoms with Crippen molar-refractivity contribution in [1.29, 1.82) is 0 Å². The molecular formula is C50H54O6. The van der Waals surface area contributed by atoms with E-state index in [1.54, 1.807) is 42.7 Å². The van der Waals surface area contributed by atoms with Crippen LogP contribution in [0.15, 0.2) is 97.1 Å². The van der Waals surface area contributed by atoms with E-state index < -0.39 is 0 Å². The lowest BCUT2D eigenvalue weighted by Gasteiger charge is -2.21. The van der Waals surface area contributed by atoms with E-state index in [-0.39, 0.29) is 0 Å². The Kier molecular flexibility index (Phi) is 12.6. The summed E-state index contributed by atoms with van der Waals surface area (Å²) in [7, 11) is 10.4. The first-order chi connectivity index (χ1) is 27.1. The van der Waals surface area contributed by atoms with Crippen LogP contribution in [0.25, 0.3) is 11.1 Å². The summed E-state index contributed by atoms with van der Waals surface area (Å²) in [5.41, 5.74) is 15.5. The maximum atomic E-state index is 6.31. The molecule has 6 rings (SSSR count). The van der Waals surface area contributed by atoms with Crippen molar-refractivity contribution < 1.29 is 28.4 Å². The van der Waals surface area contributed by atoms with Crippen LogP contribution in [-0.2, 0) is 25.7 Å². The molecule has 0 saturated carbocycles. The average molecular weight is 751 g/mol. The van der Waals surface area contributed by atoms with Crippen molar-refractivity contribution >= 4 is 0 Å². The second-order valence-corrected chi connectivity index (χ2v) is 14.6. The molecule has 0 bridgehead atoms. The minimum atomic E-state index is 0.622. The van der Waals surface area contributed by atoms with E-state index in [2.05, 4.69) is 100 Å². The van der Waals surface area contributed by atoms with Gasteiger partial charge in [-0.1, -0.05) is 70.8 Å². The molecule has 0 aliphatic carbocycles. The third kappa shape index (κ3) is 8.81. The first kappa shape index (κ1) is 39.8. The highest BCUT2D eigenvalue weighted by molar-refractivity contribution is 5.72. The number of benzene rings is 6. The van der Waals surface area contributed by atoms with Crippen LogP contribution in [0.1, 0.15) is 66.8 Å². The zero-order chi connectivity index (χ0) is 39.9. The number of methoxy groups -OCH3 is 6. The van der Waals surface area contributed by atoms with Crippen molar-refractivity contribution in [2.45, 2.75) is 53.4 Å². The Morgan fingerprint density at radius 1 is 0.286 bits per heavy atom. The molecule has 0 amide bonds. The first-order valence-corrected chi connectivity index (χ1v) is 19.0. The lowest BCUT2D eigenvalue weighted by Crippen LogP contribution is -2.05. The van der Waals surface area contributed by atoms with E-state index in [0.29, 0.717) is 25.7 Å². The Morgan fingerprint density at radius 3 is 0.714 bits per heavy atom. The lowest BCUT2D eigenvalue weighted by molar-refractivity contribution is 0.400. The zero-order valence-corrected chi connectivity index (χ0v) is 34.5. The molecule has 0 heterocycles. The quantitative estimate of drug-likeness (QED) is 0.104. The number of aryl methyl sites for hydroxylation is 4. The van der Waals surface area contributed by atoms with Gasteiger partial charge in [0.1, 0.15) is 34.5 Å². The van der Waals surface area contributed by atoms with E-state index in [0.717, 1.165) is 90.1 Å². The Morgan fingerprint density at radius 2 is 0.518 bits per heavy atom. The molecular weight excluding hydrogens is 697 g/mol. The van der Waals surface area contributed by atoms with Gasteiger partial charge >= 0.3 is 0 Å². The topological polar surface area (TPSA) is 55.4 Å². The summed E-state index contributed by atoms with van der Waals surface area (Å²) >= 11 is 0. The molecule has 0 radical (unpaired) electrons. The van der Waals surface area contributed by atoms with Gasteiger partial charge in [0, 0.05) is 25.7 Å². The summed E-state index contributed by atoms with van der Waals surface area (Å²) in [6.07, 6.45) is 2.49. The first-order valence-electron chi connectivity index (χ1n) is 19.0. The fourth-order valence-electron chi connectivity index (χ4n) is 7.89. The minimum absolute atomic E-state index is 0.622. The van der Waals surface area contributed by atoms with Crippen LogP contribution in [0.4, 0.5) is 0 Å². The Labute approximate surface area is 333 Å². The van der Waals surface area contributed by atoms with Crippen LogP contribution in [0.5, 0.6) is 34.5 Å². The van der Waals surface area contributed by atoms with Crippen LogP contribution >= 0.6 is 0 Å². The van der Waals surface area contributed by atoms with Gasteiger partial charge in [0.2, 0.25) is 0 Å². The molecule has 0 fully saturated rings. The predicted octanol–water partition coefficient (Wildman–Crippen LogP) is 11.0. The fourth-order valence-corrected chi connectivity index (χ4v) is 7.89. The molecule has 56 heavy (non-hydrogen) atoms. The van der Waals surface area contributed by atoms with Crippen LogP contribution in [0.3, 0.4) is 0 Å². The Balaban J connectivity index is 1.61. The largest absolute Gasteiger partial charge is 0.496 e. The Hall–Kier alpha value is -5.88. The van der Waals surface area contributed by atoms with Gasteiger partial charge in [-0.3, -0.25) is 0 Å². The van der Waals surface area contributed by atoms with Crippen LogP contribution in [0, 0.1) is 27.7 Å². The molecule has 0 saturated heterocycles. The normalized spacial score (nSPS) is 11.0. The summed E-state index contributed by atoms with van der Waals surface area (Å²) in [5.74, 6) is 5.08. The van der Waals surface area contributed by atoms with Crippen molar-refractivity contribution in [3.8, 4) is 45.6 Å². The number of rotatable bonds is 15. The highest BCUT2D eigenvalue weighted by Gasteiger charge is 2.21. The van der Waals surface area contributed by atoms with Crippen LogP contribution in [-0.4, -0.2) is 42.7 Å². The lowest BCUT2D eigenvalue weighted by atomic mass is 9.88. The molecule has 0 spiro atoms. The summed E-state index contributed by atoms with van der Waals surface area (Å²) in [5, 5.41) is 0. The number of ether oxygens (including phenoxy) is 6. The number of hydrogen-bond donors (Lipinski definition) is 0. The summed E-state index contributed by atoms with van der Waals surface area (Å²) in [4.78, 5) is 0. The Bertz CT molecular complexity index is 2020. The van der Waals surface area contributed by atoms with E-state index in [9.17, 15) is 0 Å². The SMILES string of the molecule is COc1ccc(C)cc1Cc1cc(-c2cc(Cc3cc(C)ccc3OC)c(OC)c(Cc3cc(C)ccc3OC)c2)cc(Cc2cc(C)ccc2OC)c1OC. The van der Waals surface area contributed by atoms with Gasteiger partial charge in [-0.05, 0) is 132 Å². The third-order valence-corrected chi connectivity index (χ3v) is 10.5. The summed E-state index contributed by atoms with van der Waals surface area (Å²) < 4.78 is 36.1. The van der Waals surface area contributed by atoms with E-state index in [1.165, 1.54) is 22.3 Å². The molecule has 0 N–H and O–H groups in total. The van der Waals surface area contributed by atoms with Crippen LogP contribution in [0.2, 0.25) is 0 Å². The minimum Gasteiger partial charge on any atom is -0.496 e. The van der Waals surface area contributed by atoms with Gasteiger partial charge in [-0.2, -0.15) is 0 Å². The molecule has 0 aliphatic heterocycles. The van der Waals surface area contributed by atoms with Gasteiger partial charge in [0.25, 0.3) is 0 Å². The second kappa shape index (κ2) is 17.7. The highest BCUT2D eigenvalue weighted by atomic mass is 16.5. The van der Waals surface area contributed by atoms with Crippen molar-refractivity contribution in [2.75, 3.05) is 42.7 Å². The zero-order valence-electron chi connectivity index (χ0n) is 34.5. The van der Waals surface area contributed by atoms with Crippen molar-refractivity contribution in [2.24, 2.45) is 0 Å². The van der Waals surface area contributed by atoms with Gasteiger partial charge < -0.3 is 28.4 Å². The van der Waals surface area contributed by atoms with E-state index in [4.69, 9.17) is 28.4 Å². The molecule has 0 aliphatic rings. The molecule has 6 aromatic carbocycles. The molecule has 6 aromatic rings. The smallest absolute Gasteiger partial charge is 0.125 e. The van der Waals surface area contributed by atoms with Gasteiger partial charge in [0.05, 0.1) is 42.7 Å². The molecule has 290 valence electrons. The molecule has 6 nitrogen and oxygen atoms in total. The van der Waals surface area contributed by atoms with Crippen LogP contribution < -0.4 is 28.4 Å². The average Bonchev–Trinajstić information content (AvgIpc) is 3.18. The van der Waals surface area contributed by atoms with Gasteiger partial charge in [-0.15, -0.1) is 0 Å². The van der Waals surface area contributed by atoms with Crippen molar-refractivity contribution in [3.63, 3.8) is 0 Å². The van der Waals surface area contributed by atoms with Gasteiger partial charge in [-0.25, -0.2) is 0 Å². The molecule has 0 atom stereocenters. The molecule has 0 aromatic heterocycles.